The Balaban J connectivity index is 2.01. The lowest BCUT2D eigenvalue weighted by Crippen LogP contribution is -2.26. The van der Waals surface area contributed by atoms with E-state index in [-0.39, 0.29) is 6.04 Å². The number of furan rings is 1. The van der Waals surface area contributed by atoms with Gasteiger partial charge in [0.25, 0.3) is 0 Å². The van der Waals surface area contributed by atoms with Crippen LogP contribution in [0.2, 0.25) is 5.02 Å². The Morgan fingerprint density at radius 1 is 1.38 bits per heavy atom. The van der Waals surface area contributed by atoms with Gasteiger partial charge < -0.3 is 10.2 Å². The molecule has 0 saturated heterocycles. The van der Waals surface area contributed by atoms with Gasteiger partial charge in [-0.05, 0) is 30.9 Å². The first-order valence-electron chi connectivity index (χ1n) is 5.69. The number of halogens is 1. The number of fused-ring (bicyclic) bond motifs is 1. The van der Waals surface area contributed by atoms with Gasteiger partial charge in [0.1, 0.15) is 5.76 Å². The number of rotatable bonds is 2. The fourth-order valence-electron chi connectivity index (χ4n) is 2.24. The summed E-state index contributed by atoms with van der Waals surface area (Å²) in [6.45, 7) is 0. The third kappa shape index (κ3) is 1.53. The number of hydrogen-bond acceptors (Lipinski definition) is 2. The molecule has 1 saturated carbocycles. The summed E-state index contributed by atoms with van der Waals surface area (Å²) in [6.07, 6.45) is 3.72. The third-order valence-corrected chi connectivity index (χ3v) is 3.80. The average Bonchev–Trinajstić information content (AvgIpc) is 2.60. The van der Waals surface area contributed by atoms with Gasteiger partial charge >= 0.3 is 0 Å². The van der Waals surface area contributed by atoms with E-state index in [0.717, 1.165) is 16.7 Å². The van der Waals surface area contributed by atoms with Crippen LogP contribution in [0.25, 0.3) is 11.0 Å². The smallest absolute Gasteiger partial charge is 0.152 e. The second-order valence-corrected chi connectivity index (χ2v) is 4.93. The summed E-state index contributed by atoms with van der Waals surface area (Å²) in [5.41, 5.74) is 6.94. The number of para-hydroxylation sites is 1. The highest BCUT2D eigenvalue weighted by Crippen LogP contribution is 2.38. The fourth-order valence-corrected chi connectivity index (χ4v) is 2.46. The van der Waals surface area contributed by atoms with E-state index in [9.17, 15) is 0 Å². The number of nitrogens with two attached hydrogens (primary N) is 1. The first kappa shape index (κ1) is 10.2. The van der Waals surface area contributed by atoms with Gasteiger partial charge in [-0.3, -0.25) is 0 Å². The Kier molecular flexibility index (Phi) is 2.41. The Hall–Kier alpha value is -0.990. The number of hydrogen-bond donors (Lipinski definition) is 1. The van der Waals surface area contributed by atoms with Crippen molar-refractivity contribution in [2.45, 2.75) is 25.3 Å². The van der Waals surface area contributed by atoms with Gasteiger partial charge in [-0.25, -0.2) is 0 Å². The summed E-state index contributed by atoms with van der Waals surface area (Å²) >= 11 is 6.07. The minimum atomic E-state index is 0.0252. The lowest BCUT2D eigenvalue weighted by atomic mass is 9.79. The summed E-state index contributed by atoms with van der Waals surface area (Å²) in [5, 5.41) is 1.70. The Morgan fingerprint density at radius 3 is 2.81 bits per heavy atom. The Bertz CT molecular complexity index is 516. The van der Waals surface area contributed by atoms with Crippen LogP contribution in [0.4, 0.5) is 0 Å². The van der Waals surface area contributed by atoms with E-state index >= 15 is 0 Å². The van der Waals surface area contributed by atoms with E-state index in [1.165, 1.54) is 19.3 Å². The SMILES string of the molecule is NC(c1cc2cccc(Cl)c2o1)C1CCC1. The molecular weight excluding hydrogens is 222 g/mol. The predicted molar refractivity (Wildman–Crippen MR) is 65.5 cm³/mol. The van der Waals surface area contributed by atoms with E-state index in [2.05, 4.69) is 0 Å². The highest BCUT2D eigenvalue weighted by Gasteiger charge is 2.28. The summed E-state index contributed by atoms with van der Waals surface area (Å²) < 4.78 is 5.76. The Morgan fingerprint density at radius 2 is 2.19 bits per heavy atom. The van der Waals surface area contributed by atoms with Crippen LogP contribution in [-0.4, -0.2) is 0 Å². The molecule has 1 aromatic carbocycles. The van der Waals surface area contributed by atoms with Crippen LogP contribution in [0.15, 0.2) is 28.7 Å². The van der Waals surface area contributed by atoms with Crippen LogP contribution < -0.4 is 5.73 Å². The molecule has 2 nitrogen and oxygen atoms in total. The Labute approximate surface area is 99.4 Å². The van der Waals surface area contributed by atoms with Crippen LogP contribution in [0.1, 0.15) is 31.1 Å². The first-order valence-corrected chi connectivity index (χ1v) is 6.07. The largest absolute Gasteiger partial charge is 0.458 e. The van der Waals surface area contributed by atoms with Gasteiger partial charge in [-0.1, -0.05) is 30.2 Å². The van der Waals surface area contributed by atoms with Crippen molar-refractivity contribution in [2.24, 2.45) is 11.7 Å². The highest BCUT2D eigenvalue weighted by molar-refractivity contribution is 6.34. The molecule has 84 valence electrons. The van der Waals surface area contributed by atoms with Gasteiger partial charge in [-0.2, -0.15) is 0 Å². The maximum atomic E-state index is 6.18. The van der Waals surface area contributed by atoms with E-state index in [1.807, 2.05) is 24.3 Å². The second-order valence-electron chi connectivity index (χ2n) is 4.52. The van der Waals surface area contributed by atoms with Crippen molar-refractivity contribution in [3.63, 3.8) is 0 Å². The second kappa shape index (κ2) is 3.79. The van der Waals surface area contributed by atoms with Gasteiger partial charge in [0.05, 0.1) is 11.1 Å². The summed E-state index contributed by atoms with van der Waals surface area (Å²) in [5.74, 6) is 1.45. The molecule has 0 radical (unpaired) electrons. The zero-order chi connectivity index (χ0) is 11.1. The quantitative estimate of drug-likeness (QED) is 0.858. The minimum Gasteiger partial charge on any atom is -0.458 e. The maximum absolute atomic E-state index is 6.18. The van der Waals surface area contributed by atoms with Crippen molar-refractivity contribution in [1.82, 2.24) is 0 Å². The van der Waals surface area contributed by atoms with E-state index in [4.69, 9.17) is 21.8 Å². The molecule has 1 aliphatic carbocycles. The molecule has 2 N–H and O–H groups in total. The van der Waals surface area contributed by atoms with Crippen molar-refractivity contribution in [3.8, 4) is 0 Å². The molecule has 16 heavy (non-hydrogen) atoms. The third-order valence-electron chi connectivity index (χ3n) is 3.50. The molecule has 2 aromatic rings. The standard InChI is InChI=1S/C13H14ClNO/c14-10-6-2-5-9-7-11(16-13(9)10)12(15)8-3-1-4-8/h2,5-8,12H,1,3-4,15H2. The molecule has 3 rings (SSSR count). The zero-order valence-electron chi connectivity index (χ0n) is 8.95. The van der Waals surface area contributed by atoms with Crippen molar-refractivity contribution in [3.05, 3.63) is 35.0 Å². The predicted octanol–water partition coefficient (Wildman–Crippen LogP) is 3.89. The molecule has 0 aliphatic heterocycles. The first-order chi connectivity index (χ1) is 7.75. The van der Waals surface area contributed by atoms with Crippen molar-refractivity contribution in [1.29, 1.82) is 0 Å². The lowest BCUT2D eigenvalue weighted by molar-refractivity contribution is 0.244. The van der Waals surface area contributed by atoms with Crippen molar-refractivity contribution >= 4 is 22.6 Å². The topological polar surface area (TPSA) is 39.2 Å². The molecule has 1 atom stereocenters. The van der Waals surface area contributed by atoms with E-state index in [1.54, 1.807) is 0 Å². The fraction of sp³-hybridized carbons (Fsp3) is 0.385. The average molecular weight is 236 g/mol. The van der Waals surface area contributed by atoms with Crippen molar-refractivity contribution in [2.75, 3.05) is 0 Å². The van der Waals surface area contributed by atoms with Gasteiger partial charge in [0, 0.05) is 5.39 Å². The monoisotopic (exact) mass is 235 g/mol. The molecule has 1 heterocycles. The molecule has 1 unspecified atom stereocenters. The minimum absolute atomic E-state index is 0.0252. The molecule has 0 amide bonds. The van der Waals surface area contributed by atoms with Crippen molar-refractivity contribution < 1.29 is 4.42 Å². The molecular formula is C13H14ClNO. The maximum Gasteiger partial charge on any atom is 0.152 e. The van der Waals surface area contributed by atoms with Crippen LogP contribution in [-0.2, 0) is 0 Å². The van der Waals surface area contributed by atoms with Gasteiger partial charge in [-0.15, -0.1) is 0 Å². The number of benzene rings is 1. The van der Waals surface area contributed by atoms with Crippen LogP contribution in [0, 0.1) is 5.92 Å². The summed E-state index contributed by atoms with van der Waals surface area (Å²) in [7, 11) is 0. The van der Waals surface area contributed by atoms with Crippen LogP contribution in [0.3, 0.4) is 0 Å². The highest BCUT2D eigenvalue weighted by atomic mass is 35.5. The normalized spacial score (nSPS) is 18.6. The zero-order valence-corrected chi connectivity index (χ0v) is 9.70. The van der Waals surface area contributed by atoms with Gasteiger partial charge in [0.15, 0.2) is 5.58 Å². The molecule has 1 fully saturated rings. The van der Waals surface area contributed by atoms with E-state index in [0.29, 0.717) is 10.9 Å². The summed E-state index contributed by atoms with van der Waals surface area (Å²) in [6, 6.07) is 7.81. The lowest BCUT2D eigenvalue weighted by Gasteiger charge is -2.29. The summed E-state index contributed by atoms with van der Waals surface area (Å²) in [4.78, 5) is 0. The molecule has 0 bridgehead atoms. The van der Waals surface area contributed by atoms with Gasteiger partial charge in [0.2, 0.25) is 0 Å². The molecule has 1 aliphatic rings. The van der Waals surface area contributed by atoms with Crippen LogP contribution >= 0.6 is 11.6 Å². The molecule has 1 aromatic heterocycles. The van der Waals surface area contributed by atoms with E-state index < -0.39 is 0 Å². The molecule has 3 heteroatoms. The molecule has 0 spiro atoms. The van der Waals surface area contributed by atoms with Crippen LogP contribution in [0.5, 0.6) is 0 Å².